The molecule has 6 N–H and O–H groups in total. The zero-order valence-electron chi connectivity index (χ0n) is 21.8. The van der Waals surface area contributed by atoms with Crippen LogP contribution in [-0.2, 0) is 25.8 Å². The van der Waals surface area contributed by atoms with Crippen molar-refractivity contribution in [2.45, 2.75) is 18.4 Å². The Kier molecular flexibility index (Phi) is 8.54. The van der Waals surface area contributed by atoms with Crippen LogP contribution in [-0.4, -0.2) is 93.9 Å². The molecule has 4 rings (SSSR count). The number of aromatic carboxylic acids is 1. The van der Waals surface area contributed by atoms with Gasteiger partial charge < -0.3 is 35.2 Å². The first-order valence-electron chi connectivity index (χ1n) is 12.1. The summed E-state index contributed by atoms with van der Waals surface area (Å²) in [6.07, 6.45) is 0.477. The number of hydrogen-bond donors (Lipinski definition) is 6. The zero-order valence-corrected chi connectivity index (χ0v) is 23.5. The fourth-order valence-electron chi connectivity index (χ4n) is 4.48. The van der Waals surface area contributed by atoms with Gasteiger partial charge in [-0.25, -0.2) is 40.8 Å². The summed E-state index contributed by atoms with van der Waals surface area (Å²) >= 11 is 0. The topological polar surface area (TPSA) is 240 Å². The molecular weight excluding hydrogens is 624 g/mol. The van der Waals surface area contributed by atoms with E-state index in [-0.39, 0.29) is 23.3 Å². The second-order valence-corrected chi connectivity index (χ2v) is 12.9. The van der Waals surface area contributed by atoms with Crippen LogP contribution in [0.15, 0.2) is 30.3 Å². The smallest absolute Gasteiger partial charge is 0.534 e. The van der Waals surface area contributed by atoms with Crippen LogP contribution in [0.3, 0.4) is 0 Å². The summed E-state index contributed by atoms with van der Waals surface area (Å²) in [4.78, 5) is 69.4. The fraction of sp³-hybridized carbons (Fsp3) is 0.273. The third kappa shape index (κ3) is 6.32. The Balaban J connectivity index is 1.67. The predicted octanol–water partition coefficient (Wildman–Crippen LogP) is -0.946. The molecule has 1 unspecified atom stereocenters. The van der Waals surface area contributed by atoms with Crippen molar-refractivity contribution in [2.75, 3.05) is 19.3 Å². The summed E-state index contributed by atoms with van der Waals surface area (Å²) in [5.74, 6) is -8.19. The Bertz CT molecular complexity index is 1690. The SMILES string of the molecule is CS(=O)(=O)N1CCN(C(=O)NC(C(=O)N[C@H]2Cc3cccc(C(=O)O)c3OB2O)c2ccc(P(=O)(O)O)c(F)c2F)C1=O. The lowest BCUT2D eigenvalue weighted by Crippen LogP contribution is -2.56. The van der Waals surface area contributed by atoms with Gasteiger partial charge >= 0.3 is 32.7 Å². The maximum atomic E-state index is 15.2. The monoisotopic (exact) mass is 646 g/mol. The minimum Gasteiger partial charge on any atom is -0.534 e. The lowest BCUT2D eigenvalue weighted by molar-refractivity contribution is -0.123. The van der Waals surface area contributed by atoms with Gasteiger partial charge in [0.15, 0.2) is 11.6 Å². The molecule has 1 fully saturated rings. The van der Waals surface area contributed by atoms with Crippen molar-refractivity contribution in [1.82, 2.24) is 19.8 Å². The number of halogens is 2. The molecule has 5 amide bonds. The molecule has 0 aliphatic carbocycles. The lowest BCUT2D eigenvalue weighted by Gasteiger charge is -2.30. The molecule has 21 heteroatoms. The number of amides is 5. The van der Waals surface area contributed by atoms with Gasteiger partial charge in [0, 0.05) is 5.56 Å². The summed E-state index contributed by atoms with van der Waals surface area (Å²) in [7, 11) is -11.3. The number of hydrogen-bond acceptors (Lipinski definition) is 9. The van der Waals surface area contributed by atoms with Gasteiger partial charge in [-0.2, -0.15) is 0 Å². The van der Waals surface area contributed by atoms with Crippen LogP contribution in [0, 0.1) is 11.6 Å². The van der Waals surface area contributed by atoms with Crippen molar-refractivity contribution < 1.29 is 65.5 Å². The van der Waals surface area contributed by atoms with E-state index in [0.717, 1.165) is 0 Å². The number of carboxylic acids is 1. The highest BCUT2D eigenvalue weighted by Gasteiger charge is 2.43. The predicted molar refractivity (Wildman–Crippen MR) is 141 cm³/mol. The molecule has 0 aromatic heterocycles. The van der Waals surface area contributed by atoms with Crippen molar-refractivity contribution in [3.05, 3.63) is 58.7 Å². The average molecular weight is 646 g/mol. The highest BCUT2D eigenvalue weighted by molar-refractivity contribution is 7.88. The second kappa shape index (κ2) is 11.5. The van der Waals surface area contributed by atoms with E-state index in [1.165, 1.54) is 18.2 Å². The number of nitrogens with one attached hydrogen (secondary N) is 2. The van der Waals surface area contributed by atoms with Gasteiger partial charge in [-0.3, -0.25) is 9.36 Å². The summed E-state index contributed by atoms with van der Waals surface area (Å²) in [6, 6.07) is 0.182. The Morgan fingerprint density at radius 1 is 1.14 bits per heavy atom. The van der Waals surface area contributed by atoms with Crippen molar-refractivity contribution in [3.63, 3.8) is 0 Å². The molecule has 2 aliphatic rings. The van der Waals surface area contributed by atoms with Crippen molar-refractivity contribution in [1.29, 1.82) is 0 Å². The van der Waals surface area contributed by atoms with Gasteiger partial charge in [-0.05, 0) is 24.1 Å². The molecule has 2 aliphatic heterocycles. The molecule has 16 nitrogen and oxygen atoms in total. The van der Waals surface area contributed by atoms with Gasteiger partial charge in [-0.1, -0.05) is 18.2 Å². The molecule has 2 atom stereocenters. The van der Waals surface area contributed by atoms with E-state index >= 15 is 4.39 Å². The van der Waals surface area contributed by atoms with Gasteiger partial charge in [0.25, 0.3) is 0 Å². The third-order valence-corrected chi connectivity index (χ3v) is 8.65. The maximum absolute atomic E-state index is 15.2. The Labute approximate surface area is 241 Å². The summed E-state index contributed by atoms with van der Waals surface area (Å²) < 4.78 is 70.7. The number of rotatable bonds is 7. The quantitative estimate of drug-likeness (QED) is 0.158. The molecular formula is C22H22BF2N4O12PS. The first-order chi connectivity index (χ1) is 19.9. The first-order valence-corrected chi connectivity index (χ1v) is 15.5. The van der Waals surface area contributed by atoms with Crippen LogP contribution in [0.4, 0.5) is 18.4 Å². The number of nitrogens with zero attached hydrogens (tertiary/aromatic N) is 2. The minimum atomic E-state index is -5.32. The number of carbonyl (C=O) groups excluding carboxylic acids is 3. The summed E-state index contributed by atoms with van der Waals surface area (Å²) in [5, 5.41) is 22.7. The number of imide groups is 1. The number of urea groups is 2. The molecule has 0 bridgehead atoms. The van der Waals surface area contributed by atoms with E-state index in [1.54, 1.807) is 0 Å². The molecule has 2 aromatic rings. The third-order valence-electron chi connectivity index (χ3n) is 6.54. The van der Waals surface area contributed by atoms with Gasteiger partial charge in [0.05, 0.1) is 30.8 Å². The van der Waals surface area contributed by atoms with Crippen LogP contribution in [0.25, 0.3) is 0 Å². The molecule has 0 saturated carbocycles. The molecule has 0 radical (unpaired) electrons. The fourth-order valence-corrected chi connectivity index (χ4v) is 5.90. The van der Waals surface area contributed by atoms with Crippen LogP contribution < -0.4 is 20.6 Å². The Hall–Kier alpha value is -4.10. The zero-order chi connectivity index (χ0) is 32.0. The summed E-state index contributed by atoms with van der Waals surface area (Å²) in [6.45, 7) is -0.913. The van der Waals surface area contributed by atoms with Gasteiger partial charge in [-0.15, -0.1) is 0 Å². The molecule has 0 spiro atoms. The number of carbonyl (C=O) groups is 4. The Morgan fingerprint density at radius 2 is 1.81 bits per heavy atom. The second-order valence-electron chi connectivity index (χ2n) is 9.42. The number of para-hydroxylation sites is 1. The molecule has 2 heterocycles. The van der Waals surface area contributed by atoms with E-state index in [9.17, 15) is 56.5 Å². The normalized spacial score (nSPS) is 17.7. The number of carboxylic acid groups (broad SMARTS) is 1. The van der Waals surface area contributed by atoms with Crippen molar-refractivity contribution in [2.24, 2.45) is 0 Å². The first kappa shape index (κ1) is 31.8. The van der Waals surface area contributed by atoms with Crippen molar-refractivity contribution >= 4 is 54.0 Å². The number of sulfonamides is 1. The largest absolute Gasteiger partial charge is 0.547 e. The Morgan fingerprint density at radius 3 is 2.40 bits per heavy atom. The van der Waals surface area contributed by atoms with Crippen LogP contribution in [0.5, 0.6) is 5.75 Å². The van der Waals surface area contributed by atoms with Crippen molar-refractivity contribution in [3.8, 4) is 5.75 Å². The van der Waals surface area contributed by atoms with E-state index in [4.69, 9.17) is 4.65 Å². The molecule has 2 aromatic carbocycles. The minimum absolute atomic E-state index is 0.179. The van der Waals surface area contributed by atoms with Crippen LogP contribution in [0.1, 0.15) is 27.5 Å². The number of benzene rings is 2. The van der Waals surface area contributed by atoms with Crippen LogP contribution in [0.2, 0.25) is 0 Å². The highest BCUT2D eigenvalue weighted by atomic mass is 32.2. The van der Waals surface area contributed by atoms with E-state index < -0.39 is 96.3 Å². The maximum Gasteiger partial charge on any atom is 0.547 e. The van der Waals surface area contributed by atoms with Gasteiger partial charge in [0.2, 0.25) is 15.9 Å². The lowest BCUT2D eigenvalue weighted by atomic mass is 9.72. The van der Waals surface area contributed by atoms with Crippen LogP contribution >= 0.6 is 7.60 Å². The number of fused-ring (bicyclic) bond motifs is 1. The highest BCUT2D eigenvalue weighted by Crippen LogP contribution is 2.36. The molecule has 43 heavy (non-hydrogen) atoms. The summed E-state index contributed by atoms with van der Waals surface area (Å²) in [5.41, 5.74) is -0.998. The van der Waals surface area contributed by atoms with E-state index in [2.05, 4.69) is 5.32 Å². The van der Waals surface area contributed by atoms with E-state index in [0.29, 0.717) is 27.6 Å². The molecule has 230 valence electrons. The average Bonchev–Trinajstić information content (AvgIpc) is 3.30. The van der Waals surface area contributed by atoms with E-state index in [1.807, 2.05) is 5.32 Å². The standard InChI is InChI=1S/C22H22BF2N4O12PS/c1-43(39,40)29-8-7-28(22(29)34)21(33)27-17(11-5-6-13(42(36,37)38)16(25)15(11)24)19(30)26-14-9-10-3-2-4-12(20(31)32)18(10)41-23(14)35/h2-6,14,17,35H,7-9H2,1H3,(H,26,30)(H,27,33)(H,31,32)(H2,36,37,38)/t14-,17?/m0/s1. The van der Waals surface area contributed by atoms with Gasteiger partial charge in [0.1, 0.15) is 17.1 Å². The molecule has 1 saturated heterocycles.